The van der Waals surface area contributed by atoms with E-state index in [1.807, 2.05) is 30.3 Å². The Morgan fingerprint density at radius 1 is 1.24 bits per heavy atom. The second-order valence-electron chi connectivity index (χ2n) is 4.44. The van der Waals surface area contributed by atoms with Gasteiger partial charge in [-0.1, -0.05) is 12.1 Å². The van der Waals surface area contributed by atoms with Crippen molar-refractivity contribution < 1.29 is 0 Å². The number of nitrogens with one attached hydrogen (secondary N) is 2. The lowest BCUT2D eigenvalue weighted by Gasteiger charge is -2.06. The van der Waals surface area contributed by atoms with Crippen molar-refractivity contribution in [2.45, 2.75) is 6.54 Å². The van der Waals surface area contributed by atoms with Crippen LogP contribution in [0.15, 0.2) is 41.2 Å². The summed E-state index contributed by atoms with van der Waals surface area (Å²) in [4.78, 5) is 14.7. The SMILES string of the molecule is N#Cc1ccc(NCCn2c(=O)[nH]c3ccccc32)nn1. The molecular weight excluding hydrogens is 268 g/mol. The fourth-order valence-electron chi connectivity index (χ4n) is 2.11. The predicted octanol–water partition coefficient (Wildman–Crippen LogP) is 1.10. The summed E-state index contributed by atoms with van der Waals surface area (Å²) in [7, 11) is 0. The quantitative estimate of drug-likeness (QED) is 0.745. The largest absolute Gasteiger partial charge is 0.367 e. The van der Waals surface area contributed by atoms with Crippen molar-refractivity contribution in [1.29, 1.82) is 5.26 Å². The Morgan fingerprint density at radius 3 is 2.86 bits per heavy atom. The number of rotatable bonds is 4. The maximum Gasteiger partial charge on any atom is 0.326 e. The van der Waals surface area contributed by atoms with Crippen LogP contribution in [0.4, 0.5) is 5.82 Å². The summed E-state index contributed by atoms with van der Waals surface area (Å²) in [6.45, 7) is 1.03. The molecule has 0 aliphatic heterocycles. The molecule has 0 fully saturated rings. The number of fused-ring (bicyclic) bond motifs is 1. The molecule has 7 heteroatoms. The molecule has 0 amide bonds. The third kappa shape index (κ3) is 2.60. The summed E-state index contributed by atoms with van der Waals surface area (Å²) in [5.41, 5.74) is 1.83. The van der Waals surface area contributed by atoms with Crippen LogP contribution in [0.5, 0.6) is 0 Å². The van der Waals surface area contributed by atoms with Gasteiger partial charge in [-0.2, -0.15) is 5.26 Å². The number of aromatic nitrogens is 4. The fourth-order valence-corrected chi connectivity index (χ4v) is 2.11. The van der Waals surface area contributed by atoms with E-state index in [-0.39, 0.29) is 11.4 Å². The third-order valence-corrected chi connectivity index (χ3v) is 3.10. The van der Waals surface area contributed by atoms with E-state index in [1.54, 1.807) is 16.7 Å². The van der Waals surface area contributed by atoms with Gasteiger partial charge in [0.25, 0.3) is 0 Å². The average Bonchev–Trinajstić information content (AvgIpc) is 2.84. The van der Waals surface area contributed by atoms with Gasteiger partial charge in [0.05, 0.1) is 11.0 Å². The van der Waals surface area contributed by atoms with Crippen LogP contribution in [0.2, 0.25) is 0 Å². The first-order valence-electron chi connectivity index (χ1n) is 6.43. The lowest BCUT2D eigenvalue weighted by atomic mass is 10.3. The Labute approximate surface area is 119 Å². The molecule has 0 radical (unpaired) electrons. The molecule has 0 aliphatic carbocycles. The lowest BCUT2D eigenvalue weighted by molar-refractivity contribution is 0.718. The van der Waals surface area contributed by atoms with E-state index in [9.17, 15) is 4.79 Å². The van der Waals surface area contributed by atoms with Crippen molar-refractivity contribution in [2.75, 3.05) is 11.9 Å². The Bertz CT molecular complexity index is 856. The molecule has 0 atom stereocenters. The molecule has 0 bridgehead atoms. The lowest BCUT2D eigenvalue weighted by Crippen LogP contribution is -2.21. The molecule has 0 saturated carbocycles. The monoisotopic (exact) mass is 280 g/mol. The van der Waals surface area contributed by atoms with E-state index in [0.717, 1.165) is 11.0 Å². The molecule has 0 spiro atoms. The Kier molecular flexibility index (Phi) is 3.35. The smallest absolute Gasteiger partial charge is 0.326 e. The van der Waals surface area contributed by atoms with E-state index in [1.165, 1.54) is 0 Å². The molecule has 2 N–H and O–H groups in total. The van der Waals surface area contributed by atoms with E-state index >= 15 is 0 Å². The highest BCUT2D eigenvalue weighted by atomic mass is 16.1. The van der Waals surface area contributed by atoms with Gasteiger partial charge in [-0.25, -0.2) is 4.79 Å². The number of imidazole rings is 1. The van der Waals surface area contributed by atoms with Crippen molar-refractivity contribution in [3.63, 3.8) is 0 Å². The van der Waals surface area contributed by atoms with Crippen LogP contribution >= 0.6 is 0 Å². The van der Waals surface area contributed by atoms with Crippen molar-refractivity contribution in [1.82, 2.24) is 19.7 Å². The molecule has 0 saturated heterocycles. The molecule has 0 aliphatic rings. The minimum absolute atomic E-state index is 0.135. The maximum atomic E-state index is 11.9. The predicted molar refractivity (Wildman–Crippen MR) is 77.8 cm³/mol. The number of hydrogen-bond acceptors (Lipinski definition) is 5. The van der Waals surface area contributed by atoms with E-state index in [4.69, 9.17) is 5.26 Å². The highest BCUT2D eigenvalue weighted by Gasteiger charge is 2.05. The van der Waals surface area contributed by atoms with Crippen LogP contribution in [0.25, 0.3) is 11.0 Å². The number of hydrogen-bond donors (Lipinski definition) is 2. The molecule has 3 rings (SSSR count). The maximum absolute atomic E-state index is 11.9. The van der Waals surface area contributed by atoms with Crippen LogP contribution in [0.3, 0.4) is 0 Å². The van der Waals surface area contributed by atoms with Crippen LogP contribution in [-0.4, -0.2) is 26.3 Å². The van der Waals surface area contributed by atoms with Gasteiger partial charge in [-0.05, 0) is 24.3 Å². The van der Waals surface area contributed by atoms with Gasteiger partial charge in [-0.3, -0.25) is 4.57 Å². The first kappa shape index (κ1) is 12.9. The van der Waals surface area contributed by atoms with Gasteiger partial charge < -0.3 is 10.3 Å². The first-order chi connectivity index (χ1) is 10.3. The number of H-pyrrole nitrogens is 1. The summed E-state index contributed by atoms with van der Waals surface area (Å²) in [6, 6.07) is 12.7. The summed E-state index contributed by atoms with van der Waals surface area (Å²) >= 11 is 0. The summed E-state index contributed by atoms with van der Waals surface area (Å²) in [5, 5.41) is 19.3. The summed E-state index contributed by atoms with van der Waals surface area (Å²) < 4.78 is 1.67. The first-order valence-corrected chi connectivity index (χ1v) is 6.43. The van der Waals surface area contributed by atoms with Gasteiger partial charge in [0, 0.05) is 13.1 Å². The number of anilines is 1. The van der Waals surface area contributed by atoms with Crippen LogP contribution in [-0.2, 0) is 6.54 Å². The zero-order valence-corrected chi connectivity index (χ0v) is 11.1. The van der Waals surface area contributed by atoms with E-state index in [0.29, 0.717) is 18.9 Å². The van der Waals surface area contributed by atoms with Crippen LogP contribution in [0, 0.1) is 11.3 Å². The molecule has 3 aromatic rings. The van der Waals surface area contributed by atoms with Gasteiger partial charge in [0.15, 0.2) is 5.69 Å². The van der Waals surface area contributed by atoms with E-state index < -0.39 is 0 Å². The molecule has 21 heavy (non-hydrogen) atoms. The Hall–Kier alpha value is -3.14. The second-order valence-corrected chi connectivity index (χ2v) is 4.44. The van der Waals surface area contributed by atoms with Crippen molar-refractivity contribution in [3.05, 3.63) is 52.6 Å². The summed E-state index contributed by atoms with van der Waals surface area (Å²) in [5.74, 6) is 0.571. The number of para-hydroxylation sites is 2. The average molecular weight is 280 g/mol. The molecular formula is C14H12N6O. The molecule has 1 aromatic carbocycles. The number of nitriles is 1. The number of nitrogens with zero attached hydrogens (tertiary/aromatic N) is 4. The molecule has 104 valence electrons. The fraction of sp³-hybridized carbons (Fsp3) is 0.143. The molecule has 2 aromatic heterocycles. The normalized spacial score (nSPS) is 10.4. The second kappa shape index (κ2) is 5.46. The van der Waals surface area contributed by atoms with Crippen molar-refractivity contribution >= 4 is 16.9 Å². The zero-order chi connectivity index (χ0) is 14.7. The minimum Gasteiger partial charge on any atom is -0.367 e. The molecule has 0 unspecified atom stereocenters. The van der Waals surface area contributed by atoms with Gasteiger partial charge in [0.1, 0.15) is 11.9 Å². The molecule has 2 heterocycles. The highest BCUT2D eigenvalue weighted by Crippen LogP contribution is 2.08. The van der Waals surface area contributed by atoms with Crippen LogP contribution in [0.1, 0.15) is 5.69 Å². The number of aromatic amines is 1. The third-order valence-electron chi connectivity index (χ3n) is 3.10. The van der Waals surface area contributed by atoms with Gasteiger partial charge >= 0.3 is 5.69 Å². The van der Waals surface area contributed by atoms with E-state index in [2.05, 4.69) is 20.5 Å². The highest BCUT2D eigenvalue weighted by molar-refractivity contribution is 5.74. The zero-order valence-electron chi connectivity index (χ0n) is 11.1. The number of benzene rings is 1. The van der Waals surface area contributed by atoms with Crippen LogP contribution < -0.4 is 11.0 Å². The Balaban J connectivity index is 1.70. The van der Waals surface area contributed by atoms with Gasteiger partial charge in [-0.15, -0.1) is 10.2 Å². The molecule has 7 nitrogen and oxygen atoms in total. The van der Waals surface area contributed by atoms with Crippen molar-refractivity contribution in [2.24, 2.45) is 0 Å². The summed E-state index contributed by atoms with van der Waals surface area (Å²) in [6.07, 6.45) is 0. The Morgan fingerprint density at radius 2 is 2.10 bits per heavy atom. The van der Waals surface area contributed by atoms with Crippen molar-refractivity contribution in [3.8, 4) is 6.07 Å². The van der Waals surface area contributed by atoms with Gasteiger partial charge in [0.2, 0.25) is 0 Å². The standard InChI is InChI=1S/C14H12N6O/c15-9-10-5-6-13(19-18-10)16-7-8-20-12-4-2-1-3-11(12)17-14(20)21/h1-6H,7-8H2,(H,16,19)(H,17,21). The minimum atomic E-state index is -0.135. The topological polar surface area (TPSA) is 99.4 Å².